The van der Waals surface area contributed by atoms with Gasteiger partial charge >= 0.3 is 6.03 Å². The average molecular weight is 428 g/mol. The van der Waals surface area contributed by atoms with Crippen LogP contribution >= 0.6 is 0 Å². The number of amides is 2. The first-order chi connectivity index (χ1) is 14.4. The molecule has 1 aliphatic rings. The number of nitrogens with one attached hydrogen (secondary N) is 1. The third kappa shape index (κ3) is 4.17. The lowest BCUT2D eigenvalue weighted by Gasteiger charge is -2.22. The minimum Gasteiger partial charge on any atom is -0.339 e. The molecule has 2 aromatic carbocycles. The van der Waals surface area contributed by atoms with Crippen LogP contribution in [0.4, 0.5) is 4.79 Å². The number of aromatic nitrogens is 2. The van der Waals surface area contributed by atoms with Crippen LogP contribution in [0, 0.1) is 0 Å². The van der Waals surface area contributed by atoms with Crippen molar-refractivity contribution in [3.8, 4) is 0 Å². The fourth-order valence-electron chi connectivity index (χ4n) is 3.72. The van der Waals surface area contributed by atoms with Crippen LogP contribution in [0.5, 0.6) is 0 Å². The Balaban J connectivity index is 1.39. The van der Waals surface area contributed by atoms with E-state index in [9.17, 15) is 13.2 Å². The lowest BCUT2D eigenvalue weighted by atomic mass is 10.0. The predicted octanol–water partition coefficient (Wildman–Crippen LogP) is 2.18. The molecule has 3 aromatic rings. The van der Waals surface area contributed by atoms with Gasteiger partial charge in [-0.05, 0) is 22.8 Å². The van der Waals surface area contributed by atoms with Gasteiger partial charge in [-0.1, -0.05) is 42.5 Å². The van der Waals surface area contributed by atoms with Crippen LogP contribution < -0.4 is 5.32 Å². The standard InChI is InChI=1S/C21H25N5O3S/c1-24-15-20(23-16-24)30(28,29)26-11-5-10-25(12-13-26)21(27)22-14-18-8-4-7-17-6-2-3-9-19(17)18/h2-4,6-9,15-16H,5,10-14H2,1H3,(H,22,27). The van der Waals surface area contributed by atoms with Crippen LogP contribution in [0.1, 0.15) is 12.0 Å². The zero-order valence-corrected chi connectivity index (χ0v) is 17.7. The largest absolute Gasteiger partial charge is 0.339 e. The Morgan fingerprint density at radius 3 is 2.67 bits per heavy atom. The molecule has 8 nitrogen and oxygen atoms in total. The first-order valence-corrected chi connectivity index (χ1v) is 11.4. The Hall–Kier alpha value is -2.91. The summed E-state index contributed by atoms with van der Waals surface area (Å²) in [5.74, 6) is 0. The van der Waals surface area contributed by atoms with Crippen LogP contribution in [0.15, 0.2) is 60.0 Å². The van der Waals surface area contributed by atoms with E-state index in [0.717, 1.165) is 16.3 Å². The third-order valence-corrected chi connectivity index (χ3v) is 7.12. The van der Waals surface area contributed by atoms with Crippen molar-refractivity contribution in [2.75, 3.05) is 26.2 Å². The molecule has 1 aliphatic heterocycles. The normalized spacial score (nSPS) is 15.8. The number of carbonyl (C=O) groups excluding carboxylic acids is 1. The van der Waals surface area contributed by atoms with Gasteiger partial charge < -0.3 is 14.8 Å². The van der Waals surface area contributed by atoms with E-state index >= 15 is 0 Å². The van der Waals surface area contributed by atoms with E-state index in [0.29, 0.717) is 32.6 Å². The van der Waals surface area contributed by atoms with Gasteiger partial charge in [0.05, 0.1) is 6.33 Å². The summed E-state index contributed by atoms with van der Waals surface area (Å²) in [7, 11) is -1.92. The molecular weight excluding hydrogens is 402 g/mol. The maximum atomic E-state index is 12.8. The van der Waals surface area contributed by atoms with E-state index in [1.165, 1.54) is 16.8 Å². The van der Waals surface area contributed by atoms with Crippen molar-refractivity contribution in [1.29, 1.82) is 0 Å². The topological polar surface area (TPSA) is 87.5 Å². The lowest BCUT2D eigenvalue weighted by Crippen LogP contribution is -2.42. The van der Waals surface area contributed by atoms with E-state index in [2.05, 4.69) is 10.3 Å². The van der Waals surface area contributed by atoms with Gasteiger partial charge in [-0.25, -0.2) is 18.2 Å². The number of fused-ring (bicyclic) bond motifs is 1. The van der Waals surface area contributed by atoms with Crippen LogP contribution in [0.25, 0.3) is 10.8 Å². The van der Waals surface area contributed by atoms with Crippen LogP contribution in [-0.2, 0) is 23.6 Å². The number of urea groups is 1. The summed E-state index contributed by atoms with van der Waals surface area (Å²) in [5, 5.41) is 5.27. The van der Waals surface area contributed by atoms with Crippen molar-refractivity contribution < 1.29 is 13.2 Å². The van der Waals surface area contributed by atoms with Gasteiger partial charge in [0.1, 0.15) is 0 Å². The van der Waals surface area contributed by atoms with Gasteiger partial charge in [0.15, 0.2) is 5.03 Å². The summed E-state index contributed by atoms with van der Waals surface area (Å²) in [6.07, 6.45) is 3.54. The molecule has 2 amide bonds. The number of aryl methyl sites for hydroxylation is 1. The fourth-order valence-corrected chi connectivity index (χ4v) is 5.16. The molecule has 0 saturated carbocycles. The van der Waals surface area contributed by atoms with Gasteiger partial charge in [0, 0.05) is 46.0 Å². The molecule has 30 heavy (non-hydrogen) atoms. The Kier molecular flexibility index (Phi) is 5.74. The summed E-state index contributed by atoms with van der Waals surface area (Å²) < 4.78 is 28.6. The highest BCUT2D eigenvalue weighted by molar-refractivity contribution is 7.89. The second-order valence-corrected chi connectivity index (χ2v) is 9.30. The quantitative estimate of drug-likeness (QED) is 0.691. The van der Waals surface area contributed by atoms with E-state index in [1.807, 2.05) is 42.5 Å². The fraction of sp³-hybridized carbons (Fsp3) is 0.333. The monoisotopic (exact) mass is 427 g/mol. The molecule has 0 unspecified atom stereocenters. The molecule has 0 aliphatic carbocycles. The second kappa shape index (κ2) is 8.45. The molecule has 158 valence electrons. The average Bonchev–Trinajstić information content (AvgIpc) is 3.04. The summed E-state index contributed by atoms with van der Waals surface area (Å²) in [6.45, 7) is 1.89. The summed E-state index contributed by atoms with van der Waals surface area (Å²) in [6, 6.07) is 13.9. The highest BCUT2D eigenvalue weighted by atomic mass is 32.2. The van der Waals surface area contributed by atoms with Gasteiger partial charge in [-0.3, -0.25) is 0 Å². The second-order valence-electron chi connectivity index (χ2n) is 7.42. The number of benzene rings is 2. The Morgan fingerprint density at radius 1 is 1.07 bits per heavy atom. The van der Waals surface area contributed by atoms with Crippen molar-refractivity contribution in [3.63, 3.8) is 0 Å². The highest BCUT2D eigenvalue weighted by Crippen LogP contribution is 2.19. The van der Waals surface area contributed by atoms with Crippen molar-refractivity contribution in [1.82, 2.24) is 24.1 Å². The molecule has 1 N–H and O–H groups in total. The first kappa shape index (κ1) is 20.4. The van der Waals surface area contributed by atoms with E-state index in [4.69, 9.17) is 0 Å². The van der Waals surface area contributed by atoms with Crippen molar-refractivity contribution in [2.45, 2.75) is 18.0 Å². The van der Waals surface area contributed by atoms with Crippen molar-refractivity contribution >= 4 is 26.8 Å². The molecule has 0 bridgehead atoms. The molecule has 1 saturated heterocycles. The van der Waals surface area contributed by atoms with E-state index in [-0.39, 0.29) is 17.6 Å². The predicted molar refractivity (Wildman–Crippen MR) is 114 cm³/mol. The molecule has 0 radical (unpaired) electrons. The third-order valence-electron chi connectivity index (χ3n) is 5.34. The maximum absolute atomic E-state index is 12.8. The zero-order chi connectivity index (χ0) is 21.1. The molecular formula is C21H25N5O3S. The molecule has 9 heteroatoms. The van der Waals surface area contributed by atoms with Crippen LogP contribution in [0.2, 0.25) is 0 Å². The number of carbonyl (C=O) groups is 1. The summed E-state index contributed by atoms with van der Waals surface area (Å²) in [4.78, 5) is 18.4. The van der Waals surface area contributed by atoms with Gasteiger partial charge in [-0.2, -0.15) is 4.31 Å². The number of sulfonamides is 1. The van der Waals surface area contributed by atoms with E-state index in [1.54, 1.807) is 16.5 Å². The van der Waals surface area contributed by atoms with Gasteiger partial charge in [0.2, 0.25) is 0 Å². The molecule has 2 heterocycles. The number of imidazole rings is 1. The Bertz CT molecular complexity index is 1150. The molecule has 1 aromatic heterocycles. The number of nitrogens with zero attached hydrogens (tertiary/aromatic N) is 4. The minimum atomic E-state index is -3.65. The zero-order valence-electron chi connectivity index (χ0n) is 16.9. The van der Waals surface area contributed by atoms with Crippen LogP contribution in [0.3, 0.4) is 0 Å². The Labute approximate surface area is 176 Å². The molecule has 4 rings (SSSR count). The highest BCUT2D eigenvalue weighted by Gasteiger charge is 2.29. The van der Waals surface area contributed by atoms with Crippen molar-refractivity contribution in [3.05, 3.63) is 60.6 Å². The molecule has 0 spiro atoms. The van der Waals surface area contributed by atoms with Crippen molar-refractivity contribution in [2.24, 2.45) is 7.05 Å². The van der Waals surface area contributed by atoms with Gasteiger partial charge in [-0.15, -0.1) is 0 Å². The molecule has 0 atom stereocenters. The lowest BCUT2D eigenvalue weighted by molar-refractivity contribution is 0.200. The summed E-state index contributed by atoms with van der Waals surface area (Å²) >= 11 is 0. The number of rotatable bonds is 4. The van der Waals surface area contributed by atoms with Crippen LogP contribution in [-0.4, -0.2) is 59.4 Å². The first-order valence-electron chi connectivity index (χ1n) is 9.93. The van der Waals surface area contributed by atoms with Gasteiger partial charge in [0.25, 0.3) is 10.0 Å². The number of hydrogen-bond donors (Lipinski definition) is 1. The van der Waals surface area contributed by atoms with E-state index < -0.39 is 10.0 Å². The minimum absolute atomic E-state index is 0.0406. The number of hydrogen-bond acceptors (Lipinski definition) is 4. The SMILES string of the molecule is Cn1cnc(S(=O)(=O)N2CCCN(C(=O)NCc3cccc4ccccc34)CC2)c1. The molecule has 1 fully saturated rings. The Morgan fingerprint density at radius 2 is 1.87 bits per heavy atom. The maximum Gasteiger partial charge on any atom is 0.317 e. The summed E-state index contributed by atoms with van der Waals surface area (Å²) in [5.41, 5.74) is 1.05. The smallest absolute Gasteiger partial charge is 0.317 e.